The number of ether oxygens (including phenoxy) is 2. The van der Waals surface area contributed by atoms with Crippen molar-refractivity contribution in [1.82, 2.24) is 15.0 Å². The summed E-state index contributed by atoms with van der Waals surface area (Å²) < 4.78 is 16.7. The predicted octanol–water partition coefficient (Wildman–Crippen LogP) is 5.25. The highest BCUT2D eigenvalue weighted by Gasteiger charge is 2.25. The van der Waals surface area contributed by atoms with E-state index in [0.29, 0.717) is 41.7 Å². The molecule has 9 nitrogen and oxygen atoms in total. The van der Waals surface area contributed by atoms with Gasteiger partial charge in [-0.3, -0.25) is 4.79 Å². The maximum absolute atomic E-state index is 12.0. The average Bonchev–Trinajstić information content (AvgIpc) is 3.48. The Balaban J connectivity index is 1.41. The monoisotopic (exact) mass is 517 g/mol. The number of esters is 1. The first-order valence-electron chi connectivity index (χ1n) is 12.9. The summed E-state index contributed by atoms with van der Waals surface area (Å²) in [4.78, 5) is 20.8. The average molecular weight is 518 g/mol. The van der Waals surface area contributed by atoms with Crippen molar-refractivity contribution in [3.63, 3.8) is 0 Å². The van der Waals surface area contributed by atoms with E-state index in [1.807, 2.05) is 52.6 Å². The Morgan fingerprint density at radius 3 is 2.74 bits per heavy atom. The fourth-order valence-electron chi connectivity index (χ4n) is 4.38. The normalized spacial score (nSPS) is 13.1. The zero-order valence-electron chi connectivity index (χ0n) is 22.9. The largest absolute Gasteiger partial charge is 0.490 e. The lowest BCUT2D eigenvalue weighted by Gasteiger charge is -2.21. The van der Waals surface area contributed by atoms with Crippen molar-refractivity contribution >= 4 is 17.6 Å². The number of nitriles is 1. The quantitative estimate of drug-likeness (QED) is 0.352. The first kappa shape index (κ1) is 27.1. The highest BCUT2D eigenvalue weighted by molar-refractivity contribution is 5.70. The third kappa shape index (κ3) is 6.69. The van der Waals surface area contributed by atoms with E-state index in [-0.39, 0.29) is 12.1 Å². The van der Waals surface area contributed by atoms with Crippen molar-refractivity contribution in [3.8, 4) is 23.3 Å². The van der Waals surface area contributed by atoms with E-state index < -0.39 is 5.60 Å². The molecule has 1 aliphatic rings. The summed E-state index contributed by atoms with van der Waals surface area (Å²) in [6.45, 7) is 11.6. The Kier molecular flexibility index (Phi) is 8.02. The molecular formula is C29H35N5O4. The molecule has 0 amide bonds. The van der Waals surface area contributed by atoms with E-state index >= 15 is 0 Å². The molecule has 0 saturated carbocycles. The van der Waals surface area contributed by atoms with Crippen molar-refractivity contribution < 1.29 is 18.8 Å². The number of nitrogens with zero attached hydrogens (tertiary/aromatic N) is 5. The molecule has 0 atom stereocenters. The van der Waals surface area contributed by atoms with Gasteiger partial charge in [0, 0.05) is 30.9 Å². The number of rotatable bonds is 9. The molecule has 0 spiro atoms. The van der Waals surface area contributed by atoms with Crippen LogP contribution in [0.25, 0.3) is 11.5 Å². The lowest BCUT2D eigenvalue weighted by Crippen LogP contribution is -2.27. The van der Waals surface area contributed by atoms with Crippen LogP contribution in [0.2, 0.25) is 0 Å². The van der Waals surface area contributed by atoms with Crippen molar-refractivity contribution in [3.05, 3.63) is 53.1 Å². The standard InChI is InChI=1S/C29H35N5O4/c1-19(2)36-25-10-8-22(16-23(25)17-30)27-31-28(32-38-27)34-14-11-21-15-20(7-9-24(21)34)18-33(6)13-12-26(35)37-29(3,4)5/h7-10,15-16,19H,11-14,18H2,1-6H3. The van der Waals surface area contributed by atoms with Gasteiger partial charge in [0.15, 0.2) is 0 Å². The predicted molar refractivity (Wildman–Crippen MR) is 144 cm³/mol. The molecule has 2 aromatic carbocycles. The van der Waals surface area contributed by atoms with E-state index in [4.69, 9.17) is 14.0 Å². The Bertz CT molecular complexity index is 1340. The Morgan fingerprint density at radius 2 is 2.03 bits per heavy atom. The van der Waals surface area contributed by atoms with Gasteiger partial charge >= 0.3 is 5.97 Å². The number of hydrogen-bond acceptors (Lipinski definition) is 9. The molecule has 1 aliphatic heterocycles. The summed E-state index contributed by atoms with van der Waals surface area (Å²) in [5.74, 6) is 1.19. The Labute approximate surface area is 223 Å². The fraction of sp³-hybridized carbons (Fsp3) is 0.448. The molecule has 0 bridgehead atoms. The first-order valence-corrected chi connectivity index (χ1v) is 12.9. The summed E-state index contributed by atoms with van der Waals surface area (Å²) in [5.41, 5.74) is 4.07. The minimum Gasteiger partial charge on any atom is -0.490 e. The van der Waals surface area contributed by atoms with Gasteiger partial charge in [0.2, 0.25) is 0 Å². The second kappa shape index (κ2) is 11.2. The third-order valence-corrected chi connectivity index (χ3v) is 5.98. The Hall–Kier alpha value is -3.90. The second-order valence-electron chi connectivity index (χ2n) is 10.8. The molecule has 9 heteroatoms. The van der Waals surface area contributed by atoms with Crippen LogP contribution in [0.4, 0.5) is 11.6 Å². The Morgan fingerprint density at radius 1 is 1.24 bits per heavy atom. The maximum atomic E-state index is 12.0. The van der Waals surface area contributed by atoms with Gasteiger partial charge in [0.1, 0.15) is 17.4 Å². The number of carbonyl (C=O) groups is 1. The number of hydrogen-bond donors (Lipinski definition) is 0. The third-order valence-electron chi connectivity index (χ3n) is 5.98. The summed E-state index contributed by atoms with van der Waals surface area (Å²) >= 11 is 0. The molecule has 0 fully saturated rings. The van der Waals surface area contributed by atoms with Gasteiger partial charge in [-0.05, 0) is 88.6 Å². The van der Waals surface area contributed by atoms with Gasteiger partial charge in [-0.15, -0.1) is 0 Å². The number of benzene rings is 2. The summed E-state index contributed by atoms with van der Waals surface area (Å²) in [7, 11) is 2.00. The zero-order chi connectivity index (χ0) is 27.4. The molecule has 38 heavy (non-hydrogen) atoms. The minimum atomic E-state index is -0.465. The number of carbonyl (C=O) groups excluding carboxylic acids is 1. The number of fused-ring (bicyclic) bond motifs is 1. The SMILES string of the molecule is CC(C)Oc1ccc(-c2nc(N3CCc4cc(CN(C)CCC(=O)OC(C)(C)C)ccc43)no2)cc1C#N. The molecule has 0 aliphatic carbocycles. The van der Waals surface area contributed by atoms with Crippen molar-refractivity contribution in [2.24, 2.45) is 0 Å². The first-order chi connectivity index (χ1) is 18.0. The lowest BCUT2D eigenvalue weighted by molar-refractivity contribution is -0.155. The van der Waals surface area contributed by atoms with E-state index in [0.717, 1.165) is 25.2 Å². The topological polar surface area (TPSA) is 105 Å². The van der Waals surface area contributed by atoms with E-state index in [1.165, 1.54) is 11.1 Å². The van der Waals surface area contributed by atoms with Crippen LogP contribution in [0.3, 0.4) is 0 Å². The van der Waals surface area contributed by atoms with Crippen LogP contribution in [0.1, 0.15) is 57.7 Å². The molecule has 0 saturated heterocycles. The molecule has 3 aromatic rings. The molecule has 0 N–H and O–H groups in total. The lowest BCUT2D eigenvalue weighted by atomic mass is 10.1. The van der Waals surface area contributed by atoms with Crippen LogP contribution in [-0.2, 0) is 22.5 Å². The zero-order valence-corrected chi connectivity index (χ0v) is 22.9. The van der Waals surface area contributed by atoms with Crippen molar-refractivity contribution in [2.75, 3.05) is 25.0 Å². The summed E-state index contributed by atoms with van der Waals surface area (Å²) in [6, 6.07) is 13.8. The fourth-order valence-corrected chi connectivity index (χ4v) is 4.38. The van der Waals surface area contributed by atoms with E-state index in [9.17, 15) is 10.1 Å². The van der Waals surface area contributed by atoms with E-state index in [2.05, 4.69) is 39.3 Å². The molecule has 1 aromatic heterocycles. The molecule has 200 valence electrons. The minimum absolute atomic E-state index is 0.0312. The van der Waals surface area contributed by atoms with Gasteiger partial charge in [0.25, 0.3) is 11.8 Å². The van der Waals surface area contributed by atoms with Crippen molar-refractivity contribution in [1.29, 1.82) is 5.26 Å². The van der Waals surface area contributed by atoms with Crippen LogP contribution >= 0.6 is 0 Å². The van der Waals surface area contributed by atoms with E-state index in [1.54, 1.807) is 12.1 Å². The molecule has 0 unspecified atom stereocenters. The number of aromatic nitrogens is 2. The highest BCUT2D eigenvalue weighted by atomic mass is 16.6. The van der Waals surface area contributed by atoms with Gasteiger partial charge in [-0.25, -0.2) is 0 Å². The van der Waals surface area contributed by atoms with Crippen molar-refractivity contribution in [2.45, 2.75) is 65.7 Å². The van der Waals surface area contributed by atoms with Gasteiger partial charge in [-0.2, -0.15) is 10.2 Å². The van der Waals surface area contributed by atoms with Gasteiger partial charge < -0.3 is 23.8 Å². The maximum Gasteiger partial charge on any atom is 0.307 e. The molecule has 0 radical (unpaired) electrons. The summed E-state index contributed by atoms with van der Waals surface area (Å²) in [5, 5.41) is 13.7. The van der Waals surface area contributed by atoms with Gasteiger partial charge in [0.05, 0.1) is 18.1 Å². The van der Waals surface area contributed by atoms with Crippen LogP contribution in [0.15, 0.2) is 40.9 Å². The van der Waals surface area contributed by atoms with Crippen LogP contribution in [0.5, 0.6) is 5.75 Å². The molecular weight excluding hydrogens is 482 g/mol. The van der Waals surface area contributed by atoms with Crippen LogP contribution < -0.4 is 9.64 Å². The van der Waals surface area contributed by atoms with Gasteiger partial charge in [-0.1, -0.05) is 12.1 Å². The smallest absolute Gasteiger partial charge is 0.307 e. The van der Waals surface area contributed by atoms with Crippen LogP contribution in [-0.4, -0.2) is 52.9 Å². The summed E-state index contributed by atoms with van der Waals surface area (Å²) in [6.07, 6.45) is 1.20. The van der Waals surface area contributed by atoms with Crippen LogP contribution in [0, 0.1) is 11.3 Å². The second-order valence-corrected chi connectivity index (χ2v) is 10.8. The number of anilines is 2. The highest BCUT2D eigenvalue weighted by Crippen LogP contribution is 2.35. The molecule has 4 rings (SSSR count). The molecule has 2 heterocycles.